The minimum atomic E-state index is 0. The van der Waals surface area contributed by atoms with Gasteiger partial charge in [0.1, 0.15) is 0 Å². The number of aryl methyl sites for hydroxylation is 1. The average molecular weight is 300 g/mol. The Labute approximate surface area is 125 Å². The molecular weight excluding hydrogens is 278 g/mol. The predicted octanol–water partition coefficient (Wildman–Crippen LogP) is 1.94. The second kappa shape index (κ2) is 6.59. The van der Waals surface area contributed by atoms with Crippen molar-refractivity contribution in [1.82, 2.24) is 15.8 Å². The van der Waals surface area contributed by atoms with Gasteiger partial charge >= 0.3 is 0 Å². The van der Waals surface area contributed by atoms with Crippen LogP contribution < -0.4 is 10.6 Å². The van der Waals surface area contributed by atoms with Crippen LogP contribution in [0.3, 0.4) is 0 Å². The molecule has 1 aromatic heterocycles. The van der Waals surface area contributed by atoms with Crippen LogP contribution in [0.4, 0.5) is 0 Å². The van der Waals surface area contributed by atoms with Crippen molar-refractivity contribution in [3.63, 3.8) is 0 Å². The number of aromatic nitrogens is 1. The molecule has 2 bridgehead atoms. The van der Waals surface area contributed by atoms with Gasteiger partial charge in [-0.2, -0.15) is 0 Å². The molecule has 1 amide bonds. The molecule has 112 valence electrons. The molecule has 3 heterocycles. The van der Waals surface area contributed by atoms with Crippen molar-refractivity contribution < 1.29 is 9.32 Å². The van der Waals surface area contributed by atoms with Gasteiger partial charge in [0.15, 0.2) is 5.76 Å². The van der Waals surface area contributed by atoms with Crippen molar-refractivity contribution in [3.05, 3.63) is 17.5 Å². The van der Waals surface area contributed by atoms with E-state index in [0.717, 1.165) is 24.3 Å². The zero-order valence-corrected chi connectivity index (χ0v) is 12.5. The normalized spacial score (nSPS) is 27.9. The first-order chi connectivity index (χ1) is 9.19. The van der Waals surface area contributed by atoms with E-state index in [1.165, 1.54) is 12.8 Å². The number of hydrogen-bond donors (Lipinski definition) is 2. The van der Waals surface area contributed by atoms with Crippen molar-refractivity contribution in [1.29, 1.82) is 0 Å². The van der Waals surface area contributed by atoms with E-state index in [0.29, 0.717) is 31.0 Å². The lowest BCUT2D eigenvalue weighted by Crippen LogP contribution is -2.39. The third-order valence-electron chi connectivity index (χ3n) is 4.18. The molecule has 20 heavy (non-hydrogen) atoms. The third kappa shape index (κ3) is 3.73. The highest BCUT2D eigenvalue weighted by atomic mass is 35.5. The highest BCUT2D eigenvalue weighted by molar-refractivity contribution is 5.85. The van der Waals surface area contributed by atoms with Gasteiger partial charge in [-0.3, -0.25) is 4.79 Å². The third-order valence-corrected chi connectivity index (χ3v) is 4.18. The fourth-order valence-electron chi connectivity index (χ4n) is 3.36. The van der Waals surface area contributed by atoms with Crippen LogP contribution in [-0.2, 0) is 11.3 Å². The fourth-order valence-corrected chi connectivity index (χ4v) is 3.36. The molecular formula is C14H22ClN3O2. The van der Waals surface area contributed by atoms with E-state index >= 15 is 0 Å². The van der Waals surface area contributed by atoms with Gasteiger partial charge in [0, 0.05) is 24.6 Å². The van der Waals surface area contributed by atoms with Crippen LogP contribution in [0.1, 0.15) is 43.6 Å². The van der Waals surface area contributed by atoms with Gasteiger partial charge in [0.05, 0.1) is 12.2 Å². The maximum atomic E-state index is 11.9. The molecule has 5 nitrogen and oxygen atoms in total. The summed E-state index contributed by atoms with van der Waals surface area (Å²) in [6.07, 6.45) is 5.48. The Bertz CT molecular complexity index is 451. The smallest absolute Gasteiger partial charge is 0.220 e. The number of hydrogen-bond acceptors (Lipinski definition) is 4. The number of piperidine rings is 1. The van der Waals surface area contributed by atoms with Gasteiger partial charge in [0.2, 0.25) is 5.91 Å². The van der Waals surface area contributed by atoms with Gasteiger partial charge in [-0.05, 0) is 38.5 Å². The highest BCUT2D eigenvalue weighted by Gasteiger charge is 2.34. The van der Waals surface area contributed by atoms with E-state index in [1.807, 2.05) is 13.0 Å². The summed E-state index contributed by atoms with van der Waals surface area (Å²) < 4.78 is 5.07. The first-order valence-corrected chi connectivity index (χ1v) is 7.14. The molecule has 1 aromatic rings. The molecule has 2 fully saturated rings. The first-order valence-electron chi connectivity index (χ1n) is 7.14. The molecule has 2 aliphatic rings. The lowest BCUT2D eigenvalue weighted by molar-refractivity contribution is -0.122. The van der Waals surface area contributed by atoms with Crippen LogP contribution in [0.15, 0.2) is 10.6 Å². The summed E-state index contributed by atoms with van der Waals surface area (Å²) in [6.45, 7) is 2.32. The lowest BCUT2D eigenvalue weighted by atomic mass is 9.89. The van der Waals surface area contributed by atoms with E-state index in [2.05, 4.69) is 15.8 Å². The van der Waals surface area contributed by atoms with Crippen LogP contribution in [0, 0.1) is 12.8 Å². The molecule has 0 radical (unpaired) electrons. The van der Waals surface area contributed by atoms with Gasteiger partial charge in [0.25, 0.3) is 0 Å². The molecule has 2 aliphatic heterocycles. The molecule has 2 atom stereocenters. The lowest BCUT2D eigenvalue weighted by Gasteiger charge is -2.28. The zero-order valence-electron chi connectivity index (χ0n) is 11.7. The average Bonchev–Trinajstić information content (AvgIpc) is 2.93. The van der Waals surface area contributed by atoms with E-state index in [1.54, 1.807) is 0 Å². The van der Waals surface area contributed by atoms with E-state index in [-0.39, 0.29) is 18.3 Å². The van der Waals surface area contributed by atoms with Crippen molar-refractivity contribution in [2.75, 3.05) is 0 Å². The molecule has 2 N–H and O–H groups in total. The Morgan fingerprint density at radius 3 is 2.75 bits per heavy atom. The molecule has 2 unspecified atom stereocenters. The molecule has 3 rings (SSSR count). The van der Waals surface area contributed by atoms with Gasteiger partial charge in [-0.25, -0.2) is 0 Å². The van der Waals surface area contributed by atoms with Crippen molar-refractivity contribution in [3.8, 4) is 0 Å². The number of carbonyl (C=O) groups is 1. The topological polar surface area (TPSA) is 67.2 Å². The van der Waals surface area contributed by atoms with Crippen LogP contribution in [0.5, 0.6) is 0 Å². The zero-order chi connectivity index (χ0) is 13.2. The SMILES string of the molecule is Cc1cc(CNC(=O)CC2CC3CCC(C2)N3)on1.Cl. The quantitative estimate of drug-likeness (QED) is 0.891. The maximum Gasteiger partial charge on any atom is 0.220 e. The molecule has 0 aliphatic carbocycles. The number of amides is 1. The predicted molar refractivity (Wildman–Crippen MR) is 77.6 cm³/mol. The second-order valence-electron chi connectivity index (χ2n) is 5.89. The van der Waals surface area contributed by atoms with E-state index < -0.39 is 0 Å². The van der Waals surface area contributed by atoms with Gasteiger partial charge in [-0.1, -0.05) is 5.16 Å². The molecule has 2 saturated heterocycles. The number of fused-ring (bicyclic) bond motifs is 2. The minimum Gasteiger partial charge on any atom is -0.359 e. The summed E-state index contributed by atoms with van der Waals surface area (Å²) in [5.74, 6) is 1.38. The van der Waals surface area contributed by atoms with Gasteiger partial charge < -0.3 is 15.2 Å². The summed E-state index contributed by atoms with van der Waals surface area (Å²) in [5, 5.41) is 10.3. The van der Waals surface area contributed by atoms with Gasteiger partial charge in [-0.15, -0.1) is 12.4 Å². The molecule has 0 spiro atoms. The summed E-state index contributed by atoms with van der Waals surface area (Å²) in [5.41, 5.74) is 0.846. The first kappa shape index (κ1) is 15.3. The number of carbonyl (C=O) groups excluding carboxylic acids is 1. The largest absolute Gasteiger partial charge is 0.359 e. The monoisotopic (exact) mass is 299 g/mol. The van der Waals surface area contributed by atoms with Crippen molar-refractivity contribution in [2.24, 2.45) is 5.92 Å². The molecule has 0 saturated carbocycles. The van der Waals surface area contributed by atoms with E-state index in [9.17, 15) is 4.79 Å². The summed E-state index contributed by atoms with van der Waals surface area (Å²) in [4.78, 5) is 11.9. The molecule has 0 aromatic carbocycles. The standard InChI is InChI=1S/C14H21N3O2.ClH/c1-9-4-13(19-17-9)8-15-14(18)7-10-5-11-2-3-12(6-10)16-11;/h4,10-12,16H,2-3,5-8H2,1H3,(H,15,18);1H. The van der Waals surface area contributed by atoms with Crippen LogP contribution >= 0.6 is 12.4 Å². The number of rotatable bonds is 4. The van der Waals surface area contributed by atoms with Crippen molar-refractivity contribution >= 4 is 18.3 Å². The Balaban J connectivity index is 0.00000147. The number of nitrogens with zero attached hydrogens (tertiary/aromatic N) is 1. The maximum absolute atomic E-state index is 11.9. The van der Waals surface area contributed by atoms with Crippen LogP contribution in [0.2, 0.25) is 0 Å². The second-order valence-corrected chi connectivity index (χ2v) is 5.89. The van der Waals surface area contributed by atoms with Crippen LogP contribution in [0.25, 0.3) is 0 Å². The number of nitrogens with one attached hydrogen (secondary N) is 2. The summed E-state index contributed by atoms with van der Waals surface area (Å²) >= 11 is 0. The Kier molecular flexibility index (Phi) is 5.05. The van der Waals surface area contributed by atoms with Crippen LogP contribution in [-0.4, -0.2) is 23.1 Å². The number of halogens is 1. The Morgan fingerprint density at radius 2 is 2.15 bits per heavy atom. The van der Waals surface area contributed by atoms with Crippen molar-refractivity contribution in [2.45, 2.75) is 57.7 Å². The summed E-state index contributed by atoms with van der Waals surface area (Å²) in [7, 11) is 0. The fraction of sp³-hybridized carbons (Fsp3) is 0.714. The Morgan fingerprint density at radius 1 is 1.45 bits per heavy atom. The molecule has 6 heteroatoms. The minimum absolute atomic E-state index is 0. The van der Waals surface area contributed by atoms with E-state index in [4.69, 9.17) is 4.52 Å². The summed E-state index contributed by atoms with van der Waals surface area (Å²) in [6, 6.07) is 3.15. The Hall–Kier alpha value is -1.07. The highest BCUT2D eigenvalue weighted by Crippen LogP contribution is 2.32.